The molecule has 0 aliphatic carbocycles. The first-order valence-electron chi connectivity index (χ1n) is 4.43. The number of aryl methyl sites for hydroxylation is 1. The largest absolute Gasteiger partial charge is 0.491 e. The molecule has 2 N–H and O–H groups in total. The van der Waals surface area contributed by atoms with Gasteiger partial charge >= 0.3 is 0 Å². The Kier molecular flexibility index (Phi) is 2.30. The second kappa shape index (κ2) is 3.31. The Hall–Kier alpha value is -0.540. The van der Waals surface area contributed by atoms with Crippen molar-refractivity contribution in [3.8, 4) is 5.75 Å². The molecule has 0 amide bonds. The maximum absolute atomic E-state index is 5.92. The van der Waals surface area contributed by atoms with Crippen molar-refractivity contribution in [2.45, 2.75) is 19.4 Å². The number of fused-ring (bicyclic) bond motifs is 1. The van der Waals surface area contributed by atoms with Crippen LogP contribution in [0.1, 0.15) is 24.1 Å². The zero-order chi connectivity index (χ0) is 9.42. The number of ether oxygens (including phenoxy) is 1. The lowest BCUT2D eigenvalue weighted by Gasteiger charge is -2.07. The van der Waals surface area contributed by atoms with Gasteiger partial charge in [-0.1, -0.05) is 28.9 Å². The molecule has 1 aliphatic rings. The quantitative estimate of drug-likeness (QED) is 0.820. The van der Waals surface area contributed by atoms with Gasteiger partial charge in [-0.05, 0) is 18.1 Å². The van der Waals surface area contributed by atoms with E-state index in [2.05, 4.69) is 28.9 Å². The number of halogens is 1. The molecule has 2 nitrogen and oxygen atoms in total. The second-order valence-electron chi connectivity index (χ2n) is 3.22. The highest BCUT2D eigenvalue weighted by atomic mass is 79.9. The van der Waals surface area contributed by atoms with Gasteiger partial charge in [-0.2, -0.15) is 0 Å². The summed E-state index contributed by atoms with van der Waals surface area (Å²) in [4.78, 5) is 0. The minimum absolute atomic E-state index is 0.0240. The summed E-state index contributed by atoms with van der Waals surface area (Å²) in [5, 5.41) is 0. The monoisotopic (exact) mass is 241 g/mol. The van der Waals surface area contributed by atoms with Crippen LogP contribution in [0.25, 0.3) is 0 Å². The molecule has 0 spiro atoms. The lowest BCUT2D eigenvalue weighted by molar-refractivity contribution is 0.331. The van der Waals surface area contributed by atoms with E-state index in [1.54, 1.807) is 0 Å². The normalized spacial score (nSPS) is 19.8. The molecule has 0 fully saturated rings. The molecule has 13 heavy (non-hydrogen) atoms. The van der Waals surface area contributed by atoms with Crippen LogP contribution in [0.3, 0.4) is 0 Å². The van der Waals surface area contributed by atoms with Crippen LogP contribution in [0.15, 0.2) is 16.6 Å². The van der Waals surface area contributed by atoms with Gasteiger partial charge in [0.25, 0.3) is 0 Å². The van der Waals surface area contributed by atoms with Crippen molar-refractivity contribution in [2.24, 2.45) is 5.73 Å². The van der Waals surface area contributed by atoms with Gasteiger partial charge in [-0.3, -0.25) is 0 Å². The molecule has 2 rings (SSSR count). The van der Waals surface area contributed by atoms with E-state index in [9.17, 15) is 0 Å². The van der Waals surface area contributed by atoms with Crippen LogP contribution in [-0.2, 0) is 6.42 Å². The average Bonchev–Trinajstić information content (AvgIpc) is 2.50. The summed E-state index contributed by atoms with van der Waals surface area (Å²) in [7, 11) is 0. The Labute approximate surface area is 86.2 Å². The Morgan fingerprint density at radius 1 is 1.62 bits per heavy atom. The van der Waals surface area contributed by atoms with Crippen LogP contribution < -0.4 is 10.5 Å². The van der Waals surface area contributed by atoms with Gasteiger partial charge in [-0.15, -0.1) is 0 Å². The van der Waals surface area contributed by atoms with Crippen molar-refractivity contribution in [3.63, 3.8) is 0 Å². The summed E-state index contributed by atoms with van der Waals surface area (Å²) < 4.78 is 6.62. The molecule has 1 aromatic rings. The van der Waals surface area contributed by atoms with Gasteiger partial charge in [0, 0.05) is 10.0 Å². The van der Waals surface area contributed by atoms with Crippen LogP contribution in [0.2, 0.25) is 0 Å². The van der Waals surface area contributed by atoms with E-state index >= 15 is 0 Å². The molecule has 1 aromatic carbocycles. The molecule has 0 aromatic heterocycles. The van der Waals surface area contributed by atoms with Gasteiger partial charge in [-0.25, -0.2) is 0 Å². The molecule has 0 saturated carbocycles. The Balaban J connectivity index is 2.59. The van der Waals surface area contributed by atoms with Gasteiger partial charge < -0.3 is 10.5 Å². The first kappa shape index (κ1) is 9.03. The van der Waals surface area contributed by atoms with Crippen LogP contribution >= 0.6 is 15.9 Å². The number of rotatable bonds is 1. The van der Waals surface area contributed by atoms with E-state index < -0.39 is 0 Å². The molecule has 3 heteroatoms. The third-order valence-corrected chi connectivity index (χ3v) is 3.07. The minimum atomic E-state index is 0.0240. The first-order valence-corrected chi connectivity index (χ1v) is 5.23. The zero-order valence-electron chi connectivity index (χ0n) is 7.51. The SMILES string of the molecule is CCc1ccc(Br)c2c1OC[C@H]2N. The highest BCUT2D eigenvalue weighted by Crippen LogP contribution is 2.39. The number of hydrogen-bond acceptors (Lipinski definition) is 2. The summed E-state index contributed by atoms with van der Waals surface area (Å²) in [6.45, 7) is 2.72. The summed E-state index contributed by atoms with van der Waals surface area (Å²) in [6, 6.07) is 4.16. The van der Waals surface area contributed by atoms with Crippen molar-refractivity contribution in [2.75, 3.05) is 6.61 Å². The number of benzene rings is 1. The number of nitrogens with two attached hydrogens (primary N) is 1. The van der Waals surface area contributed by atoms with E-state index in [1.165, 1.54) is 5.56 Å². The van der Waals surface area contributed by atoms with Crippen LogP contribution in [0, 0.1) is 0 Å². The fourth-order valence-corrected chi connectivity index (χ4v) is 2.28. The smallest absolute Gasteiger partial charge is 0.128 e. The third-order valence-electron chi connectivity index (χ3n) is 2.38. The zero-order valence-corrected chi connectivity index (χ0v) is 9.10. The van der Waals surface area contributed by atoms with Gasteiger partial charge in [0.2, 0.25) is 0 Å². The molecule has 0 saturated heterocycles. The number of hydrogen-bond donors (Lipinski definition) is 1. The Morgan fingerprint density at radius 2 is 2.38 bits per heavy atom. The Bertz CT molecular complexity index is 338. The van der Waals surface area contributed by atoms with Crippen LogP contribution in [0.5, 0.6) is 5.75 Å². The van der Waals surface area contributed by atoms with Crippen LogP contribution in [0.4, 0.5) is 0 Å². The average molecular weight is 242 g/mol. The lowest BCUT2D eigenvalue weighted by atomic mass is 10.0. The molecule has 0 radical (unpaired) electrons. The van der Waals surface area contributed by atoms with Crippen molar-refractivity contribution in [3.05, 3.63) is 27.7 Å². The molecule has 70 valence electrons. The van der Waals surface area contributed by atoms with Gasteiger partial charge in [0.05, 0.1) is 6.04 Å². The maximum Gasteiger partial charge on any atom is 0.128 e. The van der Waals surface area contributed by atoms with Crippen LogP contribution in [-0.4, -0.2) is 6.61 Å². The summed E-state index contributed by atoms with van der Waals surface area (Å²) >= 11 is 3.49. The molecule has 1 aliphatic heterocycles. The predicted octanol–water partition coefficient (Wildman–Crippen LogP) is 2.40. The van der Waals surface area contributed by atoms with E-state index in [-0.39, 0.29) is 6.04 Å². The molecular formula is C10H12BrNO. The molecule has 0 unspecified atom stereocenters. The molecular weight excluding hydrogens is 230 g/mol. The predicted molar refractivity (Wildman–Crippen MR) is 55.9 cm³/mol. The van der Waals surface area contributed by atoms with E-state index in [0.29, 0.717) is 6.61 Å². The van der Waals surface area contributed by atoms with E-state index in [1.807, 2.05) is 6.07 Å². The van der Waals surface area contributed by atoms with Crippen molar-refractivity contribution in [1.29, 1.82) is 0 Å². The van der Waals surface area contributed by atoms with Crippen molar-refractivity contribution in [1.82, 2.24) is 0 Å². The van der Waals surface area contributed by atoms with E-state index in [4.69, 9.17) is 10.5 Å². The third kappa shape index (κ3) is 1.36. The van der Waals surface area contributed by atoms with Gasteiger partial charge in [0.1, 0.15) is 12.4 Å². The second-order valence-corrected chi connectivity index (χ2v) is 4.07. The topological polar surface area (TPSA) is 35.2 Å². The molecule has 0 bridgehead atoms. The highest BCUT2D eigenvalue weighted by Gasteiger charge is 2.25. The lowest BCUT2D eigenvalue weighted by Crippen LogP contribution is -2.11. The standard InChI is InChI=1S/C10H12BrNO/c1-2-6-3-4-7(11)9-8(12)5-13-10(6)9/h3-4,8H,2,5,12H2,1H3/t8-/m1/s1. The highest BCUT2D eigenvalue weighted by molar-refractivity contribution is 9.10. The molecule has 1 atom stereocenters. The van der Waals surface area contributed by atoms with Gasteiger partial charge in [0.15, 0.2) is 0 Å². The fraction of sp³-hybridized carbons (Fsp3) is 0.400. The van der Waals surface area contributed by atoms with Crippen molar-refractivity contribution >= 4 is 15.9 Å². The minimum Gasteiger partial charge on any atom is -0.491 e. The molecule has 1 heterocycles. The van der Waals surface area contributed by atoms with Crippen molar-refractivity contribution < 1.29 is 4.74 Å². The first-order chi connectivity index (χ1) is 6.24. The summed E-state index contributed by atoms with van der Waals surface area (Å²) in [5.74, 6) is 0.990. The Morgan fingerprint density at radius 3 is 3.08 bits per heavy atom. The summed E-state index contributed by atoms with van der Waals surface area (Å²) in [6.07, 6.45) is 0.988. The summed E-state index contributed by atoms with van der Waals surface area (Å²) in [5.41, 5.74) is 8.28. The van der Waals surface area contributed by atoms with E-state index in [0.717, 1.165) is 22.2 Å². The maximum atomic E-state index is 5.92. The fourth-order valence-electron chi connectivity index (χ4n) is 1.67.